The lowest BCUT2D eigenvalue weighted by Crippen LogP contribution is -2.21. The Balaban J connectivity index is 1.94. The molecule has 0 saturated heterocycles. The average molecular weight is 303 g/mol. The van der Waals surface area contributed by atoms with Gasteiger partial charge in [-0.2, -0.15) is 0 Å². The smallest absolute Gasteiger partial charge is 0.288 e. The molecular weight excluding hydrogens is 286 g/mol. The molecule has 0 radical (unpaired) electrons. The Morgan fingerprint density at radius 3 is 2.64 bits per heavy atom. The molecule has 22 heavy (non-hydrogen) atoms. The quantitative estimate of drug-likeness (QED) is 0.381. The van der Waals surface area contributed by atoms with Gasteiger partial charge < -0.3 is 15.0 Å². The van der Waals surface area contributed by atoms with E-state index in [1.165, 1.54) is 16.8 Å². The van der Waals surface area contributed by atoms with Gasteiger partial charge in [0, 0.05) is 23.9 Å². The largest absolute Gasteiger partial charge is 0.494 e. The first kappa shape index (κ1) is 15.6. The van der Waals surface area contributed by atoms with Gasteiger partial charge >= 0.3 is 0 Å². The average Bonchev–Trinajstić information content (AvgIpc) is 2.47. The molecule has 0 spiro atoms. The Bertz CT molecular complexity index is 723. The molecule has 2 N–H and O–H groups in total. The summed E-state index contributed by atoms with van der Waals surface area (Å²) in [4.78, 5) is 22.2. The fourth-order valence-corrected chi connectivity index (χ4v) is 2.01. The summed E-state index contributed by atoms with van der Waals surface area (Å²) in [7, 11) is 0. The van der Waals surface area contributed by atoms with Crippen molar-refractivity contribution in [2.75, 3.05) is 12.3 Å². The Kier molecular flexibility index (Phi) is 4.77. The van der Waals surface area contributed by atoms with E-state index < -0.39 is 4.92 Å². The number of aromatic nitrogens is 1. The van der Waals surface area contributed by atoms with Crippen LogP contribution in [-0.2, 0) is 6.54 Å². The zero-order valence-corrected chi connectivity index (χ0v) is 12.2. The van der Waals surface area contributed by atoms with Gasteiger partial charge in [0.15, 0.2) is 0 Å². The Morgan fingerprint density at radius 2 is 2.00 bits per heavy atom. The first-order valence-corrected chi connectivity index (χ1v) is 6.81. The summed E-state index contributed by atoms with van der Waals surface area (Å²) in [5.41, 5.74) is 6.29. The summed E-state index contributed by atoms with van der Waals surface area (Å²) < 4.78 is 6.85. The fourth-order valence-electron chi connectivity index (χ4n) is 2.01. The molecule has 0 bridgehead atoms. The number of aryl methyl sites for hydroxylation is 2. The lowest BCUT2D eigenvalue weighted by molar-refractivity contribution is -0.385. The second-order valence-corrected chi connectivity index (χ2v) is 4.90. The van der Waals surface area contributed by atoms with Gasteiger partial charge in [-0.1, -0.05) is 0 Å². The van der Waals surface area contributed by atoms with Crippen LogP contribution in [0.1, 0.15) is 12.0 Å². The highest BCUT2D eigenvalue weighted by molar-refractivity contribution is 5.41. The molecule has 0 atom stereocenters. The molecule has 2 aromatic rings. The van der Waals surface area contributed by atoms with Crippen molar-refractivity contribution >= 4 is 11.4 Å². The molecule has 0 unspecified atom stereocenters. The van der Waals surface area contributed by atoms with Gasteiger partial charge in [0.1, 0.15) is 5.75 Å². The molecular formula is C15H17N3O4. The number of ether oxygens (including phenoxy) is 1. The lowest BCUT2D eigenvalue weighted by Gasteiger charge is -2.08. The van der Waals surface area contributed by atoms with Crippen molar-refractivity contribution < 1.29 is 9.66 Å². The van der Waals surface area contributed by atoms with Crippen molar-refractivity contribution in [2.24, 2.45) is 0 Å². The van der Waals surface area contributed by atoms with Crippen LogP contribution in [0.25, 0.3) is 0 Å². The van der Waals surface area contributed by atoms with Crippen LogP contribution in [0.3, 0.4) is 0 Å². The molecule has 0 fully saturated rings. The monoisotopic (exact) mass is 303 g/mol. The van der Waals surface area contributed by atoms with Crippen LogP contribution >= 0.6 is 0 Å². The van der Waals surface area contributed by atoms with E-state index in [9.17, 15) is 14.9 Å². The van der Waals surface area contributed by atoms with Crippen molar-refractivity contribution in [1.82, 2.24) is 4.57 Å². The topological polar surface area (TPSA) is 100 Å². The van der Waals surface area contributed by atoms with Gasteiger partial charge in [0.05, 0.1) is 17.7 Å². The maximum Gasteiger partial charge on any atom is 0.288 e. The van der Waals surface area contributed by atoms with Gasteiger partial charge in [-0.25, -0.2) is 0 Å². The fraction of sp³-hybridized carbons (Fsp3) is 0.267. The number of nitrogens with two attached hydrogens (primary N) is 1. The normalized spacial score (nSPS) is 10.4. The summed E-state index contributed by atoms with van der Waals surface area (Å²) in [5.74, 6) is 0.691. The third-order valence-corrected chi connectivity index (χ3v) is 3.19. The number of hydrogen-bond donors (Lipinski definition) is 1. The van der Waals surface area contributed by atoms with Gasteiger partial charge in [0.25, 0.3) is 11.2 Å². The van der Waals surface area contributed by atoms with Crippen molar-refractivity contribution in [1.29, 1.82) is 0 Å². The molecule has 116 valence electrons. The lowest BCUT2D eigenvalue weighted by atomic mass is 10.2. The van der Waals surface area contributed by atoms with E-state index in [-0.39, 0.29) is 11.2 Å². The van der Waals surface area contributed by atoms with Crippen LogP contribution in [0, 0.1) is 17.0 Å². The number of hydrogen-bond acceptors (Lipinski definition) is 5. The second kappa shape index (κ2) is 6.75. The molecule has 2 rings (SSSR count). The Labute approximate surface area is 127 Å². The van der Waals surface area contributed by atoms with Crippen molar-refractivity contribution in [3.8, 4) is 5.75 Å². The highest BCUT2D eigenvalue weighted by Gasteiger charge is 2.12. The predicted molar refractivity (Wildman–Crippen MR) is 83.1 cm³/mol. The molecule has 1 aromatic heterocycles. The number of nitrogen functional groups attached to an aromatic ring is 1. The molecule has 0 aliphatic carbocycles. The molecule has 0 saturated carbocycles. The number of anilines is 1. The number of nitrogens with zero attached hydrogens (tertiary/aromatic N) is 2. The van der Waals surface area contributed by atoms with Crippen molar-refractivity contribution in [2.45, 2.75) is 19.9 Å². The first-order valence-electron chi connectivity index (χ1n) is 6.81. The summed E-state index contributed by atoms with van der Waals surface area (Å²) in [5, 5.41) is 10.9. The summed E-state index contributed by atoms with van der Waals surface area (Å²) in [6.07, 6.45) is 1.84. The molecule has 1 heterocycles. The van der Waals surface area contributed by atoms with E-state index >= 15 is 0 Å². The van der Waals surface area contributed by atoms with Crippen LogP contribution in [0.5, 0.6) is 5.75 Å². The van der Waals surface area contributed by atoms with E-state index in [1.54, 1.807) is 31.2 Å². The van der Waals surface area contributed by atoms with Gasteiger partial charge in [-0.3, -0.25) is 14.9 Å². The van der Waals surface area contributed by atoms with Crippen molar-refractivity contribution in [3.63, 3.8) is 0 Å². The maximum atomic E-state index is 11.8. The standard InChI is InChI=1S/C15H17N3O4/c1-11-9-15(19)17(10-14(11)18(20)21)7-2-8-22-13-5-3-12(16)4-6-13/h3-6,9-10H,2,7-8,16H2,1H3. The van der Waals surface area contributed by atoms with Crippen LogP contribution in [0.4, 0.5) is 11.4 Å². The highest BCUT2D eigenvalue weighted by Crippen LogP contribution is 2.15. The Morgan fingerprint density at radius 1 is 1.32 bits per heavy atom. The molecule has 0 amide bonds. The van der Waals surface area contributed by atoms with Crippen LogP contribution in [0.15, 0.2) is 41.3 Å². The van der Waals surface area contributed by atoms with E-state index in [4.69, 9.17) is 10.5 Å². The van der Waals surface area contributed by atoms with Crippen LogP contribution in [0.2, 0.25) is 0 Å². The summed E-state index contributed by atoms with van der Waals surface area (Å²) in [6, 6.07) is 8.28. The minimum Gasteiger partial charge on any atom is -0.494 e. The molecule has 7 heteroatoms. The van der Waals surface area contributed by atoms with Gasteiger partial charge in [-0.05, 0) is 37.6 Å². The predicted octanol–water partition coefficient (Wildman–Crippen LogP) is 2.12. The van der Waals surface area contributed by atoms with E-state index in [0.717, 1.165) is 0 Å². The number of nitro groups is 1. The zero-order chi connectivity index (χ0) is 16.1. The molecule has 7 nitrogen and oxygen atoms in total. The first-order chi connectivity index (χ1) is 10.5. The van der Waals surface area contributed by atoms with Gasteiger partial charge in [0.2, 0.25) is 0 Å². The second-order valence-electron chi connectivity index (χ2n) is 4.90. The van der Waals surface area contributed by atoms with Gasteiger partial charge in [-0.15, -0.1) is 0 Å². The minimum absolute atomic E-state index is 0.0564. The van der Waals surface area contributed by atoms with Crippen LogP contribution in [-0.4, -0.2) is 16.1 Å². The highest BCUT2D eigenvalue weighted by atomic mass is 16.6. The third-order valence-electron chi connectivity index (χ3n) is 3.19. The SMILES string of the molecule is Cc1cc(=O)n(CCCOc2ccc(N)cc2)cc1[N+](=O)[O-]. The molecule has 1 aromatic carbocycles. The van der Waals surface area contributed by atoms with Crippen molar-refractivity contribution in [3.05, 3.63) is 62.6 Å². The maximum absolute atomic E-state index is 11.8. The van der Waals surface area contributed by atoms with E-state index in [1.807, 2.05) is 0 Å². The van der Waals surface area contributed by atoms with E-state index in [0.29, 0.717) is 36.6 Å². The summed E-state index contributed by atoms with van der Waals surface area (Å²) >= 11 is 0. The minimum atomic E-state index is -0.490. The summed E-state index contributed by atoms with van der Waals surface area (Å²) in [6.45, 7) is 2.31. The number of benzene rings is 1. The molecule has 0 aliphatic rings. The third kappa shape index (κ3) is 3.85. The Hall–Kier alpha value is -2.83. The zero-order valence-electron chi connectivity index (χ0n) is 12.2. The van der Waals surface area contributed by atoms with E-state index in [2.05, 4.69) is 0 Å². The van der Waals surface area contributed by atoms with Crippen LogP contribution < -0.4 is 16.0 Å². The molecule has 0 aliphatic heterocycles. The number of pyridine rings is 1. The number of rotatable bonds is 6.